The number of aromatic carboxylic acids is 1. The molecule has 0 atom stereocenters. The van der Waals surface area contributed by atoms with E-state index in [0.29, 0.717) is 12.4 Å². The summed E-state index contributed by atoms with van der Waals surface area (Å²) in [7, 11) is 0. The largest absolute Gasteiger partial charge is 0.491 e. The molecule has 1 aromatic carbocycles. The smallest absolute Gasteiger partial charge is 0.339 e. The van der Waals surface area contributed by atoms with Gasteiger partial charge in [0.1, 0.15) is 17.9 Å². The Labute approximate surface area is 120 Å². The van der Waals surface area contributed by atoms with E-state index in [1.54, 1.807) is 24.3 Å². The van der Waals surface area contributed by atoms with Crippen LogP contribution in [-0.4, -0.2) is 42.2 Å². The van der Waals surface area contributed by atoms with Crippen molar-refractivity contribution >= 4 is 5.97 Å². The predicted octanol–water partition coefficient (Wildman–Crippen LogP) is 3.03. The van der Waals surface area contributed by atoms with Crippen molar-refractivity contribution in [3.63, 3.8) is 0 Å². The van der Waals surface area contributed by atoms with Gasteiger partial charge in [0.2, 0.25) is 0 Å². The van der Waals surface area contributed by atoms with E-state index in [1.165, 1.54) is 32.1 Å². The van der Waals surface area contributed by atoms with Gasteiger partial charge in [-0.15, -0.1) is 0 Å². The molecule has 2 rings (SSSR count). The van der Waals surface area contributed by atoms with E-state index in [1.807, 2.05) is 0 Å². The minimum atomic E-state index is -0.938. The lowest BCUT2D eigenvalue weighted by Gasteiger charge is -2.24. The summed E-state index contributed by atoms with van der Waals surface area (Å²) >= 11 is 0. The van der Waals surface area contributed by atoms with Crippen LogP contribution in [0.3, 0.4) is 0 Å². The maximum Gasteiger partial charge on any atom is 0.339 e. The van der Waals surface area contributed by atoms with Crippen molar-refractivity contribution in [2.75, 3.05) is 26.2 Å². The molecule has 4 nitrogen and oxygen atoms in total. The first-order chi connectivity index (χ1) is 9.77. The van der Waals surface area contributed by atoms with Gasteiger partial charge >= 0.3 is 5.97 Å². The summed E-state index contributed by atoms with van der Waals surface area (Å²) in [5, 5.41) is 9.09. The van der Waals surface area contributed by atoms with Gasteiger partial charge in [0, 0.05) is 6.54 Å². The quantitative estimate of drug-likeness (QED) is 0.898. The first kappa shape index (κ1) is 14.9. The SMILES string of the molecule is O=C(O)c1ccccc1OCCN1CCCCCCC1. The Morgan fingerprint density at radius 3 is 2.45 bits per heavy atom. The van der Waals surface area contributed by atoms with Gasteiger partial charge in [-0.1, -0.05) is 31.4 Å². The summed E-state index contributed by atoms with van der Waals surface area (Å²) in [5.41, 5.74) is 0.236. The summed E-state index contributed by atoms with van der Waals surface area (Å²) < 4.78 is 5.65. The molecule has 1 aliphatic rings. The molecule has 1 heterocycles. The monoisotopic (exact) mass is 277 g/mol. The fourth-order valence-corrected chi connectivity index (χ4v) is 2.59. The molecule has 1 aliphatic heterocycles. The number of likely N-dealkylation sites (tertiary alicyclic amines) is 1. The van der Waals surface area contributed by atoms with Crippen molar-refractivity contribution in [3.05, 3.63) is 29.8 Å². The van der Waals surface area contributed by atoms with Crippen molar-refractivity contribution in [2.45, 2.75) is 32.1 Å². The van der Waals surface area contributed by atoms with Crippen LogP contribution in [0, 0.1) is 0 Å². The van der Waals surface area contributed by atoms with Crippen molar-refractivity contribution in [1.29, 1.82) is 0 Å². The standard InChI is InChI=1S/C16H23NO3/c18-16(19)14-8-4-5-9-15(14)20-13-12-17-10-6-2-1-3-7-11-17/h4-5,8-9H,1-3,6-7,10-13H2,(H,18,19). The highest BCUT2D eigenvalue weighted by atomic mass is 16.5. The topological polar surface area (TPSA) is 49.8 Å². The lowest BCUT2D eigenvalue weighted by molar-refractivity contribution is 0.0691. The summed E-state index contributed by atoms with van der Waals surface area (Å²) in [5.74, 6) is -0.473. The van der Waals surface area contributed by atoms with E-state index in [2.05, 4.69) is 4.90 Å². The Kier molecular flexibility index (Phi) is 5.87. The van der Waals surface area contributed by atoms with E-state index in [-0.39, 0.29) is 5.56 Å². The maximum atomic E-state index is 11.1. The van der Waals surface area contributed by atoms with Crippen LogP contribution in [0.5, 0.6) is 5.75 Å². The predicted molar refractivity (Wildman–Crippen MR) is 78.4 cm³/mol. The number of hydrogen-bond donors (Lipinski definition) is 1. The molecule has 1 fully saturated rings. The lowest BCUT2D eigenvalue weighted by Crippen LogP contribution is -2.31. The van der Waals surface area contributed by atoms with Gasteiger partial charge in [-0.05, 0) is 38.1 Å². The number of carbonyl (C=O) groups is 1. The van der Waals surface area contributed by atoms with Gasteiger partial charge in [0.15, 0.2) is 0 Å². The lowest BCUT2D eigenvalue weighted by atomic mass is 10.1. The number of ether oxygens (including phenoxy) is 1. The minimum absolute atomic E-state index is 0.236. The van der Waals surface area contributed by atoms with E-state index in [4.69, 9.17) is 9.84 Å². The zero-order valence-electron chi connectivity index (χ0n) is 11.9. The van der Waals surface area contributed by atoms with Crippen LogP contribution in [0.4, 0.5) is 0 Å². The van der Waals surface area contributed by atoms with Crippen LogP contribution >= 0.6 is 0 Å². The van der Waals surface area contributed by atoms with Crippen LogP contribution in [0.2, 0.25) is 0 Å². The maximum absolute atomic E-state index is 11.1. The van der Waals surface area contributed by atoms with Crippen LogP contribution in [0.25, 0.3) is 0 Å². The van der Waals surface area contributed by atoms with Gasteiger partial charge < -0.3 is 9.84 Å². The molecular formula is C16H23NO3. The molecule has 0 bridgehead atoms. The molecule has 0 amide bonds. The molecular weight excluding hydrogens is 254 g/mol. The zero-order valence-corrected chi connectivity index (χ0v) is 11.9. The Hall–Kier alpha value is -1.55. The van der Waals surface area contributed by atoms with Crippen LogP contribution in [0.15, 0.2) is 24.3 Å². The highest BCUT2D eigenvalue weighted by Gasteiger charge is 2.11. The number of benzene rings is 1. The van der Waals surface area contributed by atoms with Crippen molar-refractivity contribution < 1.29 is 14.6 Å². The summed E-state index contributed by atoms with van der Waals surface area (Å²) in [6.07, 6.45) is 6.51. The van der Waals surface area contributed by atoms with Gasteiger partial charge in [-0.3, -0.25) is 4.90 Å². The molecule has 0 aromatic heterocycles. The van der Waals surface area contributed by atoms with E-state index < -0.39 is 5.97 Å². The molecule has 1 N–H and O–H groups in total. The normalized spacial score (nSPS) is 17.2. The number of carboxylic acids is 1. The second-order valence-electron chi connectivity index (χ2n) is 5.26. The number of rotatable bonds is 5. The third-order valence-electron chi connectivity index (χ3n) is 3.73. The number of hydrogen-bond acceptors (Lipinski definition) is 3. The molecule has 0 saturated carbocycles. The second kappa shape index (κ2) is 7.90. The van der Waals surface area contributed by atoms with E-state index in [0.717, 1.165) is 19.6 Å². The van der Waals surface area contributed by atoms with Crippen molar-refractivity contribution in [1.82, 2.24) is 4.90 Å². The Balaban J connectivity index is 1.81. The first-order valence-corrected chi connectivity index (χ1v) is 7.45. The minimum Gasteiger partial charge on any atom is -0.491 e. The first-order valence-electron chi connectivity index (χ1n) is 7.45. The number of para-hydroxylation sites is 1. The highest BCUT2D eigenvalue weighted by Crippen LogP contribution is 2.18. The second-order valence-corrected chi connectivity index (χ2v) is 5.26. The summed E-state index contributed by atoms with van der Waals surface area (Å²) in [4.78, 5) is 13.5. The van der Waals surface area contributed by atoms with E-state index in [9.17, 15) is 4.79 Å². The molecule has 1 aromatic rings. The van der Waals surface area contributed by atoms with E-state index >= 15 is 0 Å². The zero-order chi connectivity index (χ0) is 14.2. The summed E-state index contributed by atoms with van der Waals surface area (Å²) in [6.45, 7) is 3.67. The molecule has 20 heavy (non-hydrogen) atoms. The molecule has 110 valence electrons. The third kappa shape index (κ3) is 4.53. The van der Waals surface area contributed by atoms with Crippen LogP contribution < -0.4 is 4.74 Å². The third-order valence-corrected chi connectivity index (χ3v) is 3.73. The number of carboxylic acid groups (broad SMARTS) is 1. The highest BCUT2D eigenvalue weighted by molar-refractivity contribution is 5.90. The Morgan fingerprint density at radius 1 is 1.10 bits per heavy atom. The molecule has 0 unspecified atom stereocenters. The average molecular weight is 277 g/mol. The van der Waals surface area contributed by atoms with Gasteiger partial charge in [0.05, 0.1) is 0 Å². The fourth-order valence-electron chi connectivity index (χ4n) is 2.59. The van der Waals surface area contributed by atoms with Crippen LogP contribution in [0.1, 0.15) is 42.5 Å². The molecule has 0 spiro atoms. The molecule has 4 heteroatoms. The van der Waals surface area contributed by atoms with Crippen molar-refractivity contribution in [2.24, 2.45) is 0 Å². The Morgan fingerprint density at radius 2 is 1.75 bits per heavy atom. The average Bonchev–Trinajstić information content (AvgIpc) is 2.41. The number of nitrogens with zero attached hydrogens (tertiary/aromatic N) is 1. The van der Waals surface area contributed by atoms with Gasteiger partial charge in [0.25, 0.3) is 0 Å². The summed E-state index contributed by atoms with van der Waals surface area (Å²) in [6, 6.07) is 6.82. The Bertz CT molecular complexity index is 425. The molecule has 0 radical (unpaired) electrons. The molecule has 0 aliphatic carbocycles. The van der Waals surface area contributed by atoms with Crippen molar-refractivity contribution in [3.8, 4) is 5.75 Å². The fraction of sp³-hybridized carbons (Fsp3) is 0.562. The molecule has 1 saturated heterocycles. The van der Waals surface area contributed by atoms with Gasteiger partial charge in [-0.2, -0.15) is 0 Å². The van der Waals surface area contributed by atoms with Crippen LogP contribution in [-0.2, 0) is 0 Å². The van der Waals surface area contributed by atoms with Gasteiger partial charge in [-0.25, -0.2) is 4.79 Å².